The lowest BCUT2D eigenvalue weighted by atomic mass is 10.1. The lowest BCUT2D eigenvalue weighted by Crippen LogP contribution is -2.42. The van der Waals surface area contributed by atoms with Gasteiger partial charge in [-0.2, -0.15) is 30.5 Å². The molecule has 0 aliphatic rings. The third-order valence-corrected chi connectivity index (χ3v) is 6.86. The summed E-state index contributed by atoms with van der Waals surface area (Å²) in [5.41, 5.74) is 1.84. The quantitative estimate of drug-likeness (QED) is 0.482. The van der Waals surface area contributed by atoms with Crippen LogP contribution >= 0.6 is 23.5 Å². The summed E-state index contributed by atoms with van der Waals surface area (Å²) in [6.07, 6.45) is 2.13. The van der Waals surface area contributed by atoms with Gasteiger partial charge in [-0.15, -0.1) is 0 Å². The highest BCUT2D eigenvalue weighted by Crippen LogP contribution is 2.22. The molecule has 156 valence electrons. The average molecular weight is 463 g/mol. The molecule has 0 aliphatic carbocycles. The number of carbonyl (C=O) groups excluding carboxylic acids is 1. The van der Waals surface area contributed by atoms with Crippen LogP contribution in [0.3, 0.4) is 0 Å². The molecule has 3 rings (SSSR count). The fourth-order valence-electron chi connectivity index (χ4n) is 2.70. The Morgan fingerprint density at radius 3 is 2.87 bits per heavy atom. The van der Waals surface area contributed by atoms with Crippen LogP contribution < -0.4 is 4.72 Å². The van der Waals surface area contributed by atoms with Crippen LogP contribution in [0.5, 0.6) is 0 Å². The molecule has 0 aliphatic heterocycles. The van der Waals surface area contributed by atoms with E-state index in [0.29, 0.717) is 22.4 Å². The van der Waals surface area contributed by atoms with Gasteiger partial charge in [-0.3, -0.25) is 4.79 Å². The van der Waals surface area contributed by atoms with Crippen LogP contribution in [0.15, 0.2) is 47.4 Å². The van der Waals surface area contributed by atoms with Crippen LogP contribution in [0.2, 0.25) is 0 Å². The smallest absolute Gasteiger partial charge is 0.324 e. The fourth-order valence-corrected chi connectivity index (χ4v) is 5.15. The summed E-state index contributed by atoms with van der Waals surface area (Å²) in [6.45, 7) is -0.0581. The highest BCUT2D eigenvalue weighted by Gasteiger charge is 2.28. The minimum atomic E-state index is -4.02. The summed E-state index contributed by atoms with van der Waals surface area (Å²) >= 11 is 2.41. The number of hydrogen-bond acceptors (Lipinski definition) is 9. The molecule has 8 nitrogen and oxygen atoms in total. The lowest BCUT2D eigenvalue weighted by molar-refractivity contribution is -0.147. The Hall–Kier alpha value is -2.52. The Morgan fingerprint density at radius 1 is 1.30 bits per heavy atom. The summed E-state index contributed by atoms with van der Waals surface area (Å²) in [5, 5.41) is 8.97. The Bertz CT molecular complexity index is 1190. The molecule has 11 heteroatoms. The largest absolute Gasteiger partial charge is 0.460 e. The molecule has 1 unspecified atom stereocenters. The number of thioether (sulfide) groups is 1. The fraction of sp³-hybridized carbons (Fsp3) is 0.263. The van der Waals surface area contributed by atoms with Crippen molar-refractivity contribution in [3.8, 4) is 6.07 Å². The Morgan fingerprint density at radius 2 is 2.10 bits per heavy atom. The molecular weight excluding hydrogens is 444 g/mol. The predicted octanol–water partition coefficient (Wildman–Crippen LogP) is 2.71. The zero-order valence-corrected chi connectivity index (χ0v) is 18.4. The number of esters is 1. The van der Waals surface area contributed by atoms with E-state index in [0.717, 1.165) is 11.7 Å². The third kappa shape index (κ3) is 5.34. The summed E-state index contributed by atoms with van der Waals surface area (Å²) < 4.78 is 41.8. The number of sulfonamides is 1. The van der Waals surface area contributed by atoms with Gasteiger partial charge in [0.25, 0.3) is 0 Å². The van der Waals surface area contributed by atoms with Crippen LogP contribution in [-0.2, 0) is 26.2 Å². The second-order valence-electron chi connectivity index (χ2n) is 6.26. The number of rotatable bonds is 9. The molecule has 0 saturated carbocycles. The number of carbonyl (C=O) groups is 1. The molecule has 1 atom stereocenters. The molecule has 0 fully saturated rings. The van der Waals surface area contributed by atoms with E-state index < -0.39 is 22.0 Å². The molecule has 0 radical (unpaired) electrons. The van der Waals surface area contributed by atoms with Crippen molar-refractivity contribution < 1.29 is 17.9 Å². The van der Waals surface area contributed by atoms with Crippen LogP contribution in [0.25, 0.3) is 11.0 Å². The van der Waals surface area contributed by atoms with Gasteiger partial charge in [0.15, 0.2) is 0 Å². The van der Waals surface area contributed by atoms with E-state index in [1.54, 1.807) is 36.4 Å². The van der Waals surface area contributed by atoms with Gasteiger partial charge in [0.2, 0.25) is 10.0 Å². The standard InChI is InChI=1S/C19H18N4O4S3/c1-28-9-8-16(19(24)27-12-14-5-2-4-13(10-14)11-20)23-30(25,26)17-7-3-6-15-18(17)22-29-21-15/h2-7,10,16,23H,8-9,12H2,1H3. The first-order chi connectivity index (χ1) is 14.4. The monoisotopic (exact) mass is 462 g/mol. The average Bonchev–Trinajstić information content (AvgIpc) is 3.23. The van der Waals surface area contributed by atoms with Gasteiger partial charge in [-0.25, -0.2) is 8.42 Å². The summed E-state index contributed by atoms with van der Waals surface area (Å²) in [4.78, 5) is 12.6. The number of nitriles is 1. The minimum absolute atomic E-state index is 0.0302. The first kappa shape index (κ1) is 22.2. The van der Waals surface area contributed by atoms with Crippen LogP contribution in [0, 0.1) is 11.3 Å². The van der Waals surface area contributed by atoms with E-state index in [-0.39, 0.29) is 23.4 Å². The van der Waals surface area contributed by atoms with Crippen molar-refractivity contribution in [3.05, 3.63) is 53.6 Å². The molecular formula is C19H18N4O4S3. The van der Waals surface area contributed by atoms with Gasteiger partial charge < -0.3 is 4.74 Å². The maximum atomic E-state index is 13.0. The molecule has 0 saturated heterocycles. The van der Waals surface area contributed by atoms with Crippen molar-refractivity contribution in [3.63, 3.8) is 0 Å². The zero-order chi connectivity index (χ0) is 21.6. The molecule has 1 aromatic heterocycles. The molecule has 0 spiro atoms. The second kappa shape index (κ2) is 9.99. The zero-order valence-electron chi connectivity index (χ0n) is 15.9. The third-order valence-electron chi connectivity index (χ3n) is 4.17. The minimum Gasteiger partial charge on any atom is -0.460 e. The normalized spacial score (nSPS) is 12.4. The number of aromatic nitrogens is 2. The number of nitrogens with zero attached hydrogens (tertiary/aromatic N) is 3. The highest BCUT2D eigenvalue weighted by molar-refractivity contribution is 7.98. The van der Waals surface area contributed by atoms with Crippen molar-refractivity contribution in [2.75, 3.05) is 12.0 Å². The Kier molecular flexibility index (Phi) is 7.38. The summed E-state index contributed by atoms with van der Waals surface area (Å²) in [5.74, 6) is -0.118. The summed E-state index contributed by atoms with van der Waals surface area (Å²) in [7, 11) is -4.02. The Balaban J connectivity index is 1.77. The van der Waals surface area contributed by atoms with E-state index in [1.807, 2.05) is 12.3 Å². The molecule has 0 amide bonds. The van der Waals surface area contributed by atoms with Gasteiger partial charge >= 0.3 is 5.97 Å². The van der Waals surface area contributed by atoms with Crippen molar-refractivity contribution in [1.29, 1.82) is 5.26 Å². The number of nitrogens with one attached hydrogen (secondary N) is 1. The molecule has 0 bridgehead atoms. The molecule has 30 heavy (non-hydrogen) atoms. The SMILES string of the molecule is CSCCC(NS(=O)(=O)c1cccc2nsnc12)C(=O)OCc1cccc(C#N)c1. The van der Waals surface area contributed by atoms with E-state index in [1.165, 1.54) is 17.8 Å². The van der Waals surface area contributed by atoms with E-state index >= 15 is 0 Å². The number of benzene rings is 2. The summed E-state index contributed by atoms with van der Waals surface area (Å²) in [6, 6.07) is 12.3. The second-order valence-corrected chi connectivity index (χ2v) is 9.46. The van der Waals surface area contributed by atoms with Crippen molar-refractivity contribution in [2.45, 2.75) is 24.0 Å². The predicted molar refractivity (Wildman–Crippen MR) is 115 cm³/mol. The Labute approximate surface area is 182 Å². The lowest BCUT2D eigenvalue weighted by Gasteiger charge is -2.17. The first-order valence-corrected chi connectivity index (χ1v) is 12.4. The molecule has 1 N–H and O–H groups in total. The van der Waals surface area contributed by atoms with E-state index in [4.69, 9.17) is 10.00 Å². The number of hydrogen-bond donors (Lipinski definition) is 1. The molecule has 1 heterocycles. The maximum Gasteiger partial charge on any atom is 0.324 e. The first-order valence-electron chi connectivity index (χ1n) is 8.83. The maximum absolute atomic E-state index is 13.0. The van der Waals surface area contributed by atoms with E-state index in [2.05, 4.69) is 13.5 Å². The molecule has 3 aromatic rings. The van der Waals surface area contributed by atoms with Gasteiger partial charge in [0, 0.05) is 0 Å². The van der Waals surface area contributed by atoms with Crippen LogP contribution in [0.1, 0.15) is 17.5 Å². The van der Waals surface area contributed by atoms with Gasteiger partial charge in [0.1, 0.15) is 28.6 Å². The van der Waals surface area contributed by atoms with Crippen molar-refractivity contribution >= 4 is 50.5 Å². The van der Waals surface area contributed by atoms with Crippen LogP contribution in [-0.4, -0.2) is 41.2 Å². The van der Waals surface area contributed by atoms with Crippen molar-refractivity contribution in [2.24, 2.45) is 0 Å². The topological polar surface area (TPSA) is 122 Å². The van der Waals surface area contributed by atoms with Crippen LogP contribution in [0.4, 0.5) is 0 Å². The van der Waals surface area contributed by atoms with Gasteiger partial charge in [-0.05, 0) is 48.3 Å². The van der Waals surface area contributed by atoms with Crippen molar-refractivity contribution in [1.82, 2.24) is 13.5 Å². The van der Waals surface area contributed by atoms with E-state index in [9.17, 15) is 13.2 Å². The number of fused-ring (bicyclic) bond motifs is 1. The number of ether oxygens (including phenoxy) is 1. The van der Waals surface area contributed by atoms with Gasteiger partial charge in [0.05, 0.1) is 23.4 Å². The highest BCUT2D eigenvalue weighted by atomic mass is 32.2. The molecule has 2 aromatic carbocycles. The van der Waals surface area contributed by atoms with Gasteiger partial charge in [-0.1, -0.05) is 18.2 Å².